The van der Waals surface area contributed by atoms with Gasteiger partial charge < -0.3 is 14.9 Å². The van der Waals surface area contributed by atoms with E-state index in [0.29, 0.717) is 6.61 Å². The van der Waals surface area contributed by atoms with Gasteiger partial charge in [0.15, 0.2) is 0 Å². The third kappa shape index (κ3) is 5.27. The van der Waals surface area contributed by atoms with Crippen LogP contribution in [0.5, 0.6) is 0 Å². The van der Waals surface area contributed by atoms with Crippen molar-refractivity contribution in [3.63, 3.8) is 0 Å². The molecule has 1 aliphatic rings. The second-order valence-corrected chi connectivity index (χ2v) is 9.79. The molecule has 0 saturated carbocycles. The minimum atomic E-state index is -3.72. The second-order valence-electron chi connectivity index (χ2n) is 6.58. The number of aliphatic hydroxyl groups excluding tert-OH is 2. The van der Waals surface area contributed by atoms with Crippen LogP contribution in [-0.2, 0) is 27.9 Å². The molecule has 3 rings (SSSR count). The molecule has 6 nitrogen and oxygen atoms in total. The first kappa shape index (κ1) is 20.7. The number of aliphatic hydroxyl groups is 2. The zero-order valence-electron chi connectivity index (χ0n) is 14.6. The van der Waals surface area contributed by atoms with Crippen LogP contribution < -0.4 is 0 Å². The highest BCUT2D eigenvalue weighted by atomic mass is 127. The predicted octanol–water partition coefficient (Wildman–Crippen LogP) is 1.74. The van der Waals surface area contributed by atoms with Crippen LogP contribution in [0.25, 0.3) is 0 Å². The summed E-state index contributed by atoms with van der Waals surface area (Å²) in [6.07, 6.45) is -2.53. The van der Waals surface area contributed by atoms with E-state index >= 15 is 0 Å². The van der Waals surface area contributed by atoms with Gasteiger partial charge in [-0.15, -0.1) is 0 Å². The van der Waals surface area contributed by atoms with E-state index in [0.717, 1.165) is 14.7 Å². The Morgan fingerprint density at radius 1 is 1.04 bits per heavy atom. The molecule has 3 atom stereocenters. The van der Waals surface area contributed by atoms with Crippen molar-refractivity contribution in [1.29, 1.82) is 0 Å². The Balaban J connectivity index is 1.76. The lowest BCUT2D eigenvalue weighted by Crippen LogP contribution is -2.60. The second kappa shape index (κ2) is 8.97. The first-order valence-corrected chi connectivity index (χ1v) is 11.3. The fourth-order valence-electron chi connectivity index (χ4n) is 3.08. The summed E-state index contributed by atoms with van der Waals surface area (Å²) < 4.78 is 33.3. The molecule has 0 aliphatic carbocycles. The number of halogens is 1. The predicted molar refractivity (Wildman–Crippen MR) is 110 cm³/mol. The van der Waals surface area contributed by atoms with Gasteiger partial charge in [0.1, 0.15) is 0 Å². The minimum absolute atomic E-state index is 0.00325. The highest BCUT2D eigenvalue weighted by Crippen LogP contribution is 2.25. The van der Waals surface area contributed by atoms with E-state index in [1.807, 2.05) is 54.6 Å². The standard InChI is InChI=1S/C19H22INO5S/c20-16-8-6-14(7-9-16)10-21-17(19(23)18(22)13-27(21,24)25)12-26-11-15-4-2-1-3-5-15/h1-9,17-19,22-23H,10-13H2/t17-,18+,19-/m0/s1. The summed E-state index contributed by atoms with van der Waals surface area (Å²) in [5.41, 5.74) is 1.77. The Hall–Kier alpha value is -1.04. The maximum Gasteiger partial charge on any atom is 0.217 e. The van der Waals surface area contributed by atoms with Gasteiger partial charge in [-0.1, -0.05) is 42.5 Å². The Kier molecular flexibility index (Phi) is 6.88. The first-order chi connectivity index (χ1) is 12.9. The van der Waals surface area contributed by atoms with Crippen molar-refractivity contribution < 1.29 is 23.4 Å². The maximum atomic E-state index is 12.7. The highest BCUT2D eigenvalue weighted by Gasteiger charge is 2.45. The van der Waals surface area contributed by atoms with Crippen LogP contribution in [0.3, 0.4) is 0 Å². The lowest BCUT2D eigenvalue weighted by atomic mass is 10.1. The number of sulfonamides is 1. The van der Waals surface area contributed by atoms with Gasteiger partial charge >= 0.3 is 0 Å². The topological polar surface area (TPSA) is 87.1 Å². The summed E-state index contributed by atoms with van der Waals surface area (Å²) in [6, 6.07) is 16.2. The van der Waals surface area contributed by atoms with Gasteiger partial charge in [-0.3, -0.25) is 0 Å². The van der Waals surface area contributed by atoms with Gasteiger partial charge in [0.25, 0.3) is 0 Å². The van der Waals surface area contributed by atoms with E-state index in [4.69, 9.17) is 4.74 Å². The maximum absolute atomic E-state index is 12.7. The smallest absolute Gasteiger partial charge is 0.217 e. The molecule has 1 heterocycles. The number of hydrogen-bond donors (Lipinski definition) is 2. The van der Waals surface area contributed by atoms with Crippen molar-refractivity contribution >= 4 is 32.6 Å². The molecule has 0 bridgehead atoms. The van der Waals surface area contributed by atoms with Gasteiger partial charge in [-0.2, -0.15) is 4.31 Å². The summed E-state index contributed by atoms with van der Waals surface area (Å²) in [5, 5.41) is 20.4. The fraction of sp³-hybridized carbons (Fsp3) is 0.368. The molecule has 0 unspecified atom stereocenters. The molecule has 27 heavy (non-hydrogen) atoms. The van der Waals surface area contributed by atoms with Crippen LogP contribution in [0.4, 0.5) is 0 Å². The van der Waals surface area contributed by atoms with E-state index in [1.165, 1.54) is 4.31 Å². The van der Waals surface area contributed by atoms with Gasteiger partial charge in [0, 0.05) is 10.1 Å². The van der Waals surface area contributed by atoms with Gasteiger partial charge in [-0.05, 0) is 45.9 Å². The zero-order chi connectivity index (χ0) is 19.4. The Bertz CT molecular complexity index is 844. The monoisotopic (exact) mass is 503 g/mol. The average molecular weight is 503 g/mol. The zero-order valence-corrected chi connectivity index (χ0v) is 17.6. The van der Waals surface area contributed by atoms with Crippen molar-refractivity contribution in [3.8, 4) is 0 Å². The lowest BCUT2D eigenvalue weighted by molar-refractivity contribution is -0.0530. The van der Waals surface area contributed by atoms with E-state index < -0.39 is 34.0 Å². The van der Waals surface area contributed by atoms with Crippen LogP contribution in [0.1, 0.15) is 11.1 Å². The third-order valence-electron chi connectivity index (χ3n) is 4.55. The Morgan fingerprint density at radius 3 is 2.37 bits per heavy atom. The molecule has 2 aromatic carbocycles. The molecule has 146 valence electrons. The van der Waals surface area contributed by atoms with E-state index in [1.54, 1.807) is 0 Å². The van der Waals surface area contributed by atoms with Crippen LogP contribution in [0, 0.1) is 3.57 Å². The largest absolute Gasteiger partial charge is 0.389 e. The molecule has 0 spiro atoms. The molecule has 2 N–H and O–H groups in total. The molecule has 0 radical (unpaired) electrons. The van der Waals surface area contributed by atoms with Crippen molar-refractivity contribution in [3.05, 3.63) is 69.3 Å². The van der Waals surface area contributed by atoms with Crippen LogP contribution in [-0.4, -0.2) is 53.5 Å². The number of hydrogen-bond acceptors (Lipinski definition) is 5. The average Bonchev–Trinajstić information content (AvgIpc) is 2.64. The summed E-state index contributed by atoms with van der Waals surface area (Å²) in [6.45, 7) is 0.427. The summed E-state index contributed by atoms with van der Waals surface area (Å²) in [4.78, 5) is 0. The lowest BCUT2D eigenvalue weighted by Gasteiger charge is -2.40. The molecule has 1 saturated heterocycles. The summed E-state index contributed by atoms with van der Waals surface area (Å²) in [5.74, 6) is -0.492. The molecule has 1 fully saturated rings. The normalized spacial score (nSPS) is 25.4. The van der Waals surface area contributed by atoms with Crippen LogP contribution >= 0.6 is 22.6 Å². The van der Waals surface area contributed by atoms with E-state index in [9.17, 15) is 18.6 Å². The minimum Gasteiger partial charge on any atom is -0.389 e. The number of nitrogens with zero attached hydrogens (tertiary/aromatic N) is 1. The molecular formula is C19H22INO5S. The van der Waals surface area contributed by atoms with Crippen molar-refractivity contribution in [2.45, 2.75) is 31.4 Å². The van der Waals surface area contributed by atoms with Gasteiger partial charge in [-0.25, -0.2) is 8.42 Å². The third-order valence-corrected chi connectivity index (χ3v) is 7.15. The molecule has 1 aliphatic heterocycles. The number of rotatable bonds is 6. The van der Waals surface area contributed by atoms with Crippen molar-refractivity contribution in [2.75, 3.05) is 12.4 Å². The summed E-state index contributed by atoms with van der Waals surface area (Å²) >= 11 is 2.18. The van der Waals surface area contributed by atoms with Gasteiger partial charge in [0.05, 0.1) is 37.2 Å². The van der Waals surface area contributed by atoms with Crippen molar-refractivity contribution in [2.24, 2.45) is 0 Å². The number of benzene rings is 2. The molecule has 8 heteroatoms. The van der Waals surface area contributed by atoms with E-state index in [-0.39, 0.29) is 13.2 Å². The summed E-state index contributed by atoms with van der Waals surface area (Å²) in [7, 11) is -3.72. The quantitative estimate of drug-likeness (QED) is 0.587. The molecule has 2 aromatic rings. The molecule has 0 aromatic heterocycles. The van der Waals surface area contributed by atoms with Gasteiger partial charge in [0.2, 0.25) is 10.0 Å². The van der Waals surface area contributed by atoms with Crippen LogP contribution in [0.2, 0.25) is 0 Å². The first-order valence-electron chi connectivity index (χ1n) is 8.58. The number of ether oxygens (including phenoxy) is 1. The van der Waals surface area contributed by atoms with Crippen LogP contribution in [0.15, 0.2) is 54.6 Å². The van der Waals surface area contributed by atoms with Crippen molar-refractivity contribution in [1.82, 2.24) is 4.31 Å². The Morgan fingerprint density at radius 2 is 1.70 bits per heavy atom. The fourth-order valence-corrected chi connectivity index (χ4v) is 5.21. The molecular weight excluding hydrogens is 481 g/mol. The van der Waals surface area contributed by atoms with E-state index in [2.05, 4.69) is 22.6 Å². The SMILES string of the molecule is O=S1(=O)C[C@@H](O)[C@@H](O)[C@H](COCc2ccccc2)N1Cc1ccc(I)cc1. The Labute approximate surface area is 173 Å². The molecule has 0 amide bonds. The highest BCUT2D eigenvalue weighted by molar-refractivity contribution is 14.1.